The van der Waals surface area contributed by atoms with Crippen LogP contribution < -0.4 is 10.3 Å². The fourth-order valence-electron chi connectivity index (χ4n) is 3.53. The molecule has 11 heteroatoms. The number of nitrogens with zero attached hydrogens (tertiary/aromatic N) is 4. The number of hydrogen-bond acceptors (Lipinski definition) is 5. The Morgan fingerprint density at radius 2 is 1.83 bits per heavy atom. The summed E-state index contributed by atoms with van der Waals surface area (Å²) in [5.74, 6) is -0.157. The molecule has 6 nitrogen and oxygen atoms in total. The van der Waals surface area contributed by atoms with Gasteiger partial charge >= 0.3 is 6.18 Å². The van der Waals surface area contributed by atoms with Gasteiger partial charge < -0.3 is 4.74 Å². The van der Waals surface area contributed by atoms with Crippen LogP contribution in [0.5, 0.6) is 5.88 Å². The van der Waals surface area contributed by atoms with Crippen LogP contribution >= 0.6 is 0 Å². The van der Waals surface area contributed by atoms with E-state index in [0.717, 1.165) is 49.2 Å². The molecule has 0 atom stereocenters. The third kappa shape index (κ3) is 5.51. The van der Waals surface area contributed by atoms with E-state index in [-0.39, 0.29) is 18.4 Å². The molecule has 1 aliphatic carbocycles. The molecule has 1 aliphatic rings. The molecule has 3 rings (SSSR count). The average Bonchev–Trinajstić information content (AvgIpc) is 2.70. The highest BCUT2D eigenvalue weighted by Gasteiger charge is 2.36. The highest BCUT2D eigenvalue weighted by atomic mass is 19.4. The van der Waals surface area contributed by atoms with Gasteiger partial charge in [0.25, 0.3) is 5.56 Å². The topological polar surface area (TPSA) is 69.9 Å². The van der Waals surface area contributed by atoms with Gasteiger partial charge in [0.2, 0.25) is 12.3 Å². The summed E-state index contributed by atoms with van der Waals surface area (Å²) < 4.78 is 70.7. The molecule has 0 spiro atoms. The molecule has 30 heavy (non-hydrogen) atoms. The van der Waals surface area contributed by atoms with Crippen LogP contribution in [0.3, 0.4) is 0 Å². The zero-order valence-corrected chi connectivity index (χ0v) is 16.0. The second kappa shape index (κ2) is 9.48. The zero-order chi connectivity index (χ0) is 21.7. The maximum atomic E-state index is 13.2. The van der Waals surface area contributed by atoms with Crippen LogP contribution in [0, 0.1) is 0 Å². The van der Waals surface area contributed by atoms with Crippen LogP contribution in [-0.2, 0) is 12.7 Å². The van der Waals surface area contributed by atoms with Crippen LogP contribution in [0.25, 0.3) is 0 Å². The molecule has 0 aromatic carbocycles. The highest BCUT2D eigenvalue weighted by molar-refractivity contribution is 5.23. The third-order valence-electron chi connectivity index (χ3n) is 4.95. The molecule has 0 N–H and O–H groups in total. The van der Waals surface area contributed by atoms with E-state index in [1.807, 2.05) is 0 Å². The van der Waals surface area contributed by atoms with E-state index < -0.39 is 42.5 Å². The van der Waals surface area contributed by atoms with E-state index >= 15 is 0 Å². The van der Waals surface area contributed by atoms with E-state index in [9.17, 15) is 26.7 Å². The largest absolute Gasteiger partial charge is 0.476 e. The van der Waals surface area contributed by atoms with E-state index in [2.05, 4.69) is 15.1 Å². The van der Waals surface area contributed by atoms with Crippen LogP contribution in [0.1, 0.15) is 61.4 Å². The van der Waals surface area contributed by atoms with E-state index in [1.54, 1.807) is 0 Å². The van der Waals surface area contributed by atoms with E-state index in [0.29, 0.717) is 5.56 Å². The lowest BCUT2D eigenvalue weighted by molar-refractivity contribution is -0.142. The van der Waals surface area contributed by atoms with Gasteiger partial charge in [0.15, 0.2) is 5.69 Å². The molecule has 2 aromatic heterocycles. The zero-order valence-electron chi connectivity index (χ0n) is 16.0. The Morgan fingerprint density at radius 1 is 1.13 bits per heavy atom. The molecule has 164 valence electrons. The number of rotatable bonds is 7. The maximum Gasteiger partial charge on any atom is 0.435 e. The van der Waals surface area contributed by atoms with Gasteiger partial charge in [-0.3, -0.25) is 9.78 Å². The van der Waals surface area contributed by atoms with E-state index in [4.69, 9.17) is 4.74 Å². The Kier molecular flexibility index (Phi) is 6.99. The fraction of sp³-hybridized carbons (Fsp3) is 0.579. The minimum absolute atomic E-state index is 0.0757. The van der Waals surface area contributed by atoms with Crippen LogP contribution in [0.4, 0.5) is 22.0 Å². The monoisotopic (exact) mass is 432 g/mol. The summed E-state index contributed by atoms with van der Waals surface area (Å²) in [6.45, 7) is -0.890. The molecule has 0 bridgehead atoms. The molecule has 0 unspecified atom stereocenters. The van der Waals surface area contributed by atoms with Crippen molar-refractivity contribution in [3.05, 3.63) is 45.8 Å². The van der Waals surface area contributed by atoms with Crippen molar-refractivity contribution in [2.45, 2.75) is 63.6 Å². The van der Waals surface area contributed by atoms with Crippen molar-refractivity contribution in [3.63, 3.8) is 0 Å². The van der Waals surface area contributed by atoms with Crippen molar-refractivity contribution in [1.82, 2.24) is 19.7 Å². The Morgan fingerprint density at radius 3 is 2.50 bits per heavy atom. The lowest BCUT2D eigenvalue weighted by atomic mass is 9.85. The van der Waals surface area contributed by atoms with E-state index in [1.165, 1.54) is 6.07 Å². The third-order valence-corrected chi connectivity index (χ3v) is 4.95. The Labute approximate surface area is 169 Å². The molecule has 0 amide bonds. The van der Waals surface area contributed by atoms with Gasteiger partial charge in [-0.1, -0.05) is 19.3 Å². The van der Waals surface area contributed by atoms with Gasteiger partial charge in [0.05, 0.1) is 18.8 Å². The Bertz CT molecular complexity index is 911. The van der Waals surface area contributed by atoms with Crippen molar-refractivity contribution < 1.29 is 26.7 Å². The first kappa shape index (κ1) is 22.1. The molecule has 2 heterocycles. The second-order valence-electron chi connectivity index (χ2n) is 7.11. The molecule has 0 saturated heterocycles. The van der Waals surface area contributed by atoms with Gasteiger partial charge in [-0.15, -0.1) is 5.10 Å². The van der Waals surface area contributed by atoms with Crippen molar-refractivity contribution in [1.29, 1.82) is 0 Å². The molecule has 1 fully saturated rings. The molecular weight excluding hydrogens is 411 g/mol. The lowest BCUT2D eigenvalue weighted by Gasteiger charge is -2.22. The fourth-order valence-corrected chi connectivity index (χ4v) is 3.53. The first-order chi connectivity index (χ1) is 14.3. The predicted octanol–water partition coefficient (Wildman–Crippen LogP) is 4.18. The highest BCUT2D eigenvalue weighted by Crippen LogP contribution is 2.32. The summed E-state index contributed by atoms with van der Waals surface area (Å²) in [6, 6.07) is 1.42. The first-order valence-electron chi connectivity index (χ1n) is 9.66. The van der Waals surface area contributed by atoms with Gasteiger partial charge in [0, 0.05) is 30.4 Å². The van der Waals surface area contributed by atoms with Gasteiger partial charge in [-0.05, 0) is 18.8 Å². The molecule has 2 aromatic rings. The summed E-state index contributed by atoms with van der Waals surface area (Å²) in [7, 11) is 0. The SMILES string of the molecule is O=c1c(C2CCCCC2)cc(OCCC(F)F)nn1Cc1nccnc1C(F)(F)F. The summed E-state index contributed by atoms with van der Waals surface area (Å²) >= 11 is 0. The van der Waals surface area contributed by atoms with Crippen molar-refractivity contribution in [2.75, 3.05) is 6.61 Å². The van der Waals surface area contributed by atoms with Crippen LogP contribution in [0.15, 0.2) is 23.3 Å². The number of aromatic nitrogens is 4. The minimum Gasteiger partial charge on any atom is -0.476 e. The van der Waals surface area contributed by atoms with Gasteiger partial charge in [-0.2, -0.15) is 13.2 Å². The molecule has 0 aliphatic heterocycles. The number of halogens is 5. The normalized spacial score (nSPS) is 15.5. The van der Waals surface area contributed by atoms with Crippen molar-refractivity contribution in [2.24, 2.45) is 0 Å². The lowest BCUT2D eigenvalue weighted by Crippen LogP contribution is -2.30. The van der Waals surface area contributed by atoms with Crippen molar-refractivity contribution in [3.8, 4) is 5.88 Å². The quantitative estimate of drug-likeness (QED) is 0.614. The number of hydrogen-bond donors (Lipinski definition) is 0. The first-order valence-corrected chi connectivity index (χ1v) is 9.66. The number of alkyl halides is 5. The Balaban J connectivity index is 1.97. The summed E-state index contributed by atoms with van der Waals surface area (Å²) in [6.07, 6.45) is -1.41. The van der Waals surface area contributed by atoms with Crippen LogP contribution in [0.2, 0.25) is 0 Å². The molecule has 0 radical (unpaired) electrons. The number of ether oxygens (including phenoxy) is 1. The molecular formula is C19H21F5N4O2. The van der Waals surface area contributed by atoms with Crippen molar-refractivity contribution >= 4 is 0 Å². The predicted molar refractivity (Wildman–Crippen MR) is 96.6 cm³/mol. The minimum atomic E-state index is -4.75. The second-order valence-corrected chi connectivity index (χ2v) is 7.11. The van der Waals surface area contributed by atoms with Crippen LogP contribution in [-0.4, -0.2) is 32.8 Å². The molecule has 1 saturated carbocycles. The van der Waals surface area contributed by atoms with Gasteiger partial charge in [-0.25, -0.2) is 18.4 Å². The average molecular weight is 432 g/mol. The van der Waals surface area contributed by atoms with Gasteiger partial charge in [0.1, 0.15) is 0 Å². The maximum absolute atomic E-state index is 13.2. The summed E-state index contributed by atoms with van der Waals surface area (Å²) in [4.78, 5) is 20.0. The standard InChI is InChI=1S/C19H21F5N4O2/c20-15(21)6-9-30-16-10-13(12-4-2-1-3-5-12)18(29)28(27-16)11-14-17(19(22,23)24)26-8-7-25-14/h7-8,10,12,15H,1-6,9,11H2. The smallest absolute Gasteiger partial charge is 0.435 e. The summed E-state index contributed by atoms with van der Waals surface area (Å²) in [5.41, 5.74) is -1.84. The Hall–Kier alpha value is -2.59. The summed E-state index contributed by atoms with van der Waals surface area (Å²) in [5, 5.41) is 3.95.